The van der Waals surface area contributed by atoms with Crippen molar-refractivity contribution in [3.63, 3.8) is 0 Å². The highest BCUT2D eigenvalue weighted by Crippen LogP contribution is 2.29. The molecule has 8 nitrogen and oxygen atoms in total. The number of methoxy groups -OCH3 is 2. The minimum atomic E-state index is 0.154. The zero-order valence-electron chi connectivity index (χ0n) is 16.7. The number of nitrogens with one attached hydrogen (secondary N) is 2. The number of hydrogen-bond donors (Lipinski definition) is 2. The third-order valence-electron chi connectivity index (χ3n) is 4.49. The van der Waals surface area contributed by atoms with Gasteiger partial charge in [0.25, 0.3) is 0 Å². The molecule has 0 atom stereocenters. The second-order valence-electron chi connectivity index (χ2n) is 6.30. The second-order valence-corrected chi connectivity index (χ2v) is 6.30. The van der Waals surface area contributed by atoms with Gasteiger partial charge < -0.3 is 25.0 Å². The average Bonchev–Trinajstić information content (AvgIpc) is 2.68. The molecule has 0 bridgehead atoms. The van der Waals surface area contributed by atoms with Crippen molar-refractivity contribution in [1.29, 1.82) is 0 Å². The molecule has 0 radical (unpaired) electrons. The van der Waals surface area contributed by atoms with Gasteiger partial charge in [0.05, 0.1) is 20.8 Å². The van der Waals surface area contributed by atoms with E-state index in [1.807, 2.05) is 30.0 Å². The highest BCUT2D eigenvalue weighted by molar-refractivity contribution is 5.93. The van der Waals surface area contributed by atoms with Crippen LogP contribution in [0.1, 0.15) is 13.8 Å². The summed E-state index contributed by atoms with van der Waals surface area (Å²) >= 11 is 0. The first-order chi connectivity index (χ1) is 13.1. The molecular formula is C19H31N5O3. The first-order valence-corrected chi connectivity index (χ1v) is 9.32. The van der Waals surface area contributed by atoms with Gasteiger partial charge in [-0.15, -0.1) is 0 Å². The van der Waals surface area contributed by atoms with Gasteiger partial charge in [0.1, 0.15) is 0 Å². The number of anilines is 1. The molecule has 2 N–H and O–H groups in total. The molecule has 1 amide bonds. The SMILES string of the molecule is CCNC(=NCCN1CCN(C(C)=O)CC1)Nc1ccc(OC)c(OC)c1. The van der Waals surface area contributed by atoms with Crippen LogP contribution in [0.4, 0.5) is 5.69 Å². The smallest absolute Gasteiger partial charge is 0.219 e. The summed E-state index contributed by atoms with van der Waals surface area (Å²) in [5.41, 5.74) is 0.877. The Bertz CT molecular complexity index is 642. The van der Waals surface area contributed by atoms with Crippen molar-refractivity contribution in [3.05, 3.63) is 18.2 Å². The van der Waals surface area contributed by atoms with E-state index in [0.717, 1.165) is 50.9 Å². The van der Waals surface area contributed by atoms with E-state index in [2.05, 4.69) is 20.5 Å². The summed E-state index contributed by atoms with van der Waals surface area (Å²) in [6.45, 7) is 9.37. The number of ether oxygens (including phenoxy) is 2. The van der Waals surface area contributed by atoms with Crippen molar-refractivity contribution in [2.45, 2.75) is 13.8 Å². The third-order valence-corrected chi connectivity index (χ3v) is 4.49. The number of carbonyl (C=O) groups is 1. The van der Waals surface area contributed by atoms with Crippen LogP contribution in [0.5, 0.6) is 11.5 Å². The van der Waals surface area contributed by atoms with Gasteiger partial charge in [-0.05, 0) is 19.1 Å². The average molecular weight is 377 g/mol. The van der Waals surface area contributed by atoms with Gasteiger partial charge in [-0.25, -0.2) is 0 Å². The zero-order valence-corrected chi connectivity index (χ0v) is 16.7. The van der Waals surface area contributed by atoms with Gasteiger partial charge in [-0.1, -0.05) is 0 Å². The van der Waals surface area contributed by atoms with Gasteiger partial charge in [0.2, 0.25) is 5.91 Å². The number of rotatable bonds is 7. The van der Waals surface area contributed by atoms with Gasteiger partial charge in [-0.3, -0.25) is 14.7 Å². The van der Waals surface area contributed by atoms with Crippen LogP contribution in [0.2, 0.25) is 0 Å². The van der Waals surface area contributed by atoms with Gasteiger partial charge in [0.15, 0.2) is 17.5 Å². The summed E-state index contributed by atoms with van der Waals surface area (Å²) in [6, 6.07) is 5.67. The maximum Gasteiger partial charge on any atom is 0.219 e. The molecular weight excluding hydrogens is 346 g/mol. The maximum atomic E-state index is 11.4. The lowest BCUT2D eigenvalue weighted by Crippen LogP contribution is -2.48. The topological polar surface area (TPSA) is 78.4 Å². The molecule has 2 rings (SSSR count). The van der Waals surface area contributed by atoms with E-state index in [-0.39, 0.29) is 5.91 Å². The highest BCUT2D eigenvalue weighted by Gasteiger charge is 2.17. The van der Waals surface area contributed by atoms with Crippen LogP contribution in [0.15, 0.2) is 23.2 Å². The Morgan fingerprint density at radius 1 is 1.15 bits per heavy atom. The largest absolute Gasteiger partial charge is 0.493 e. The minimum absolute atomic E-state index is 0.154. The first-order valence-electron chi connectivity index (χ1n) is 9.32. The number of hydrogen-bond acceptors (Lipinski definition) is 5. The van der Waals surface area contributed by atoms with E-state index in [0.29, 0.717) is 18.0 Å². The molecule has 1 saturated heterocycles. The van der Waals surface area contributed by atoms with Crippen LogP contribution in [0, 0.1) is 0 Å². The Kier molecular flexibility index (Phi) is 8.19. The summed E-state index contributed by atoms with van der Waals surface area (Å²) in [7, 11) is 3.24. The Balaban J connectivity index is 1.90. The molecule has 1 heterocycles. The summed E-state index contributed by atoms with van der Waals surface area (Å²) in [6.07, 6.45) is 0. The van der Waals surface area contributed by atoms with E-state index in [1.165, 1.54) is 0 Å². The fourth-order valence-electron chi connectivity index (χ4n) is 2.95. The quantitative estimate of drug-likeness (QED) is 0.550. The molecule has 0 aliphatic carbocycles. The van der Waals surface area contributed by atoms with Crippen LogP contribution in [0.25, 0.3) is 0 Å². The third kappa shape index (κ3) is 6.32. The number of guanidine groups is 1. The van der Waals surface area contributed by atoms with Crippen LogP contribution >= 0.6 is 0 Å². The Labute approximate surface area is 161 Å². The van der Waals surface area contributed by atoms with E-state index in [4.69, 9.17) is 9.47 Å². The Morgan fingerprint density at radius 2 is 1.85 bits per heavy atom. The molecule has 150 valence electrons. The standard InChI is InChI=1S/C19H31N5O3/c1-5-20-19(22-16-6-7-17(26-3)18(14-16)27-4)21-8-9-23-10-12-24(13-11-23)15(2)25/h6-7,14H,5,8-13H2,1-4H3,(H2,20,21,22). The normalized spacial score (nSPS) is 15.4. The molecule has 8 heteroatoms. The molecule has 27 heavy (non-hydrogen) atoms. The highest BCUT2D eigenvalue weighted by atomic mass is 16.5. The summed E-state index contributed by atoms with van der Waals surface area (Å²) in [5.74, 6) is 2.24. The number of amides is 1. The predicted octanol–water partition coefficient (Wildman–Crippen LogP) is 1.25. The number of carbonyl (C=O) groups excluding carboxylic acids is 1. The number of nitrogens with zero attached hydrogens (tertiary/aromatic N) is 3. The fourth-order valence-corrected chi connectivity index (χ4v) is 2.95. The zero-order chi connectivity index (χ0) is 19.6. The summed E-state index contributed by atoms with van der Waals surface area (Å²) in [5, 5.41) is 6.55. The van der Waals surface area contributed by atoms with E-state index < -0.39 is 0 Å². The summed E-state index contributed by atoms with van der Waals surface area (Å²) < 4.78 is 10.6. The fraction of sp³-hybridized carbons (Fsp3) is 0.579. The van der Waals surface area contributed by atoms with Crippen molar-refractivity contribution in [1.82, 2.24) is 15.1 Å². The van der Waals surface area contributed by atoms with Gasteiger partial charge in [0, 0.05) is 57.9 Å². The Morgan fingerprint density at radius 3 is 2.44 bits per heavy atom. The molecule has 0 unspecified atom stereocenters. The van der Waals surface area contributed by atoms with E-state index >= 15 is 0 Å². The number of benzene rings is 1. The minimum Gasteiger partial charge on any atom is -0.493 e. The van der Waals surface area contributed by atoms with E-state index in [1.54, 1.807) is 21.1 Å². The molecule has 0 spiro atoms. The summed E-state index contributed by atoms with van der Waals surface area (Å²) in [4.78, 5) is 20.3. The van der Waals surface area contributed by atoms with E-state index in [9.17, 15) is 4.79 Å². The molecule has 1 fully saturated rings. The van der Waals surface area contributed by atoms with Crippen LogP contribution in [0.3, 0.4) is 0 Å². The lowest BCUT2D eigenvalue weighted by Gasteiger charge is -2.33. The van der Waals surface area contributed by atoms with Crippen molar-refractivity contribution in [2.75, 3.05) is 65.3 Å². The van der Waals surface area contributed by atoms with Crippen LogP contribution < -0.4 is 20.1 Å². The number of aliphatic imine (C=N–C) groups is 1. The van der Waals surface area contributed by atoms with Crippen molar-refractivity contribution < 1.29 is 14.3 Å². The van der Waals surface area contributed by atoms with Crippen molar-refractivity contribution in [2.24, 2.45) is 4.99 Å². The first kappa shape index (κ1) is 20.8. The van der Waals surface area contributed by atoms with Gasteiger partial charge in [-0.2, -0.15) is 0 Å². The van der Waals surface area contributed by atoms with Crippen molar-refractivity contribution >= 4 is 17.6 Å². The van der Waals surface area contributed by atoms with Crippen LogP contribution in [-0.4, -0.2) is 81.7 Å². The van der Waals surface area contributed by atoms with Gasteiger partial charge >= 0.3 is 0 Å². The maximum absolute atomic E-state index is 11.4. The molecule has 1 aliphatic heterocycles. The molecule has 0 saturated carbocycles. The van der Waals surface area contributed by atoms with Crippen LogP contribution in [-0.2, 0) is 4.79 Å². The van der Waals surface area contributed by atoms with Crippen molar-refractivity contribution in [3.8, 4) is 11.5 Å². The number of piperazine rings is 1. The molecule has 0 aromatic heterocycles. The second kappa shape index (κ2) is 10.6. The Hall–Kier alpha value is -2.48. The lowest BCUT2D eigenvalue weighted by atomic mass is 10.3. The lowest BCUT2D eigenvalue weighted by molar-refractivity contribution is -0.130. The molecule has 1 aromatic carbocycles. The molecule has 1 aliphatic rings. The predicted molar refractivity (Wildman–Crippen MR) is 108 cm³/mol. The monoisotopic (exact) mass is 377 g/mol. The molecule has 1 aromatic rings.